The van der Waals surface area contributed by atoms with E-state index >= 15 is 0 Å². The molecular weight excluding hydrogens is 336 g/mol. The second kappa shape index (κ2) is 7.17. The molecule has 146 valence electrons. The van der Waals surface area contributed by atoms with Crippen LogP contribution in [0.3, 0.4) is 0 Å². The number of benzene rings is 1. The number of rotatable bonds is 4. The van der Waals surface area contributed by atoms with Crippen LogP contribution in [-0.2, 0) is 10.2 Å². The second-order valence-electron chi connectivity index (χ2n) is 8.74. The van der Waals surface area contributed by atoms with E-state index in [1.165, 1.54) is 24.0 Å². The van der Waals surface area contributed by atoms with Crippen molar-refractivity contribution in [1.29, 1.82) is 0 Å². The summed E-state index contributed by atoms with van der Waals surface area (Å²) in [4.78, 5) is 19.3. The van der Waals surface area contributed by atoms with Gasteiger partial charge in [0.2, 0.25) is 5.91 Å². The van der Waals surface area contributed by atoms with Crippen LogP contribution < -0.4 is 10.6 Å². The summed E-state index contributed by atoms with van der Waals surface area (Å²) >= 11 is 0. The summed E-state index contributed by atoms with van der Waals surface area (Å²) in [7, 11) is 0. The van der Waals surface area contributed by atoms with Gasteiger partial charge in [-0.1, -0.05) is 24.3 Å². The molecule has 0 radical (unpaired) electrons. The molecule has 1 unspecified atom stereocenters. The molecule has 2 saturated heterocycles. The van der Waals surface area contributed by atoms with Gasteiger partial charge in [-0.25, -0.2) is 0 Å². The van der Waals surface area contributed by atoms with Gasteiger partial charge in [0.25, 0.3) is 0 Å². The molecule has 1 saturated carbocycles. The normalized spacial score (nSPS) is 27.0. The minimum atomic E-state index is 0.0960. The monoisotopic (exact) mass is 368 g/mol. The maximum atomic E-state index is 11.8. The highest BCUT2D eigenvalue weighted by Crippen LogP contribution is 2.49. The summed E-state index contributed by atoms with van der Waals surface area (Å²) in [6.45, 7) is 8.83. The molecular formula is C22H32N4O. The Morgan fingerprint density at radius 2 is 2.11 bits per heavy atom. The topological polar surface area (TPSA) is 56.7 Å². The molecule has 3 aliphatic rings. The number of guanidine groups is 1. The van der Waals surface area contributed by atoms with E-state index < -0.39 is 0 Å². The molecule has 0 aromatic heterocycles. The lowest BCUT2D eigenvalue weighted by atomic mass is 9.79. The van der Waals surface area contributed by atoms with Crippen LogP contribution in [0.2, 0.25) is 0 Å². The number of likely N-dealkylation sites (tertiary alicyclic amines) is 1. The van der Waals surface area contributed by atoms with E-state index in [2.05, 4.69) is 53.6 Å². The van der Waals surface area contributed by atoms with E-state index in [1.807, 2.05) is 0 Å². The summed E-state index contributed by atoms with van der Waals surface area (Å²) < 4.78 is 0. The average Bonchev–Trinajstić information content (AvgIpc) is 3.37. The Labute approximate surface area is 162 Å². The molecule has 1 aromatic carbocycles. The summed E-state index contributed by atoms with van der Waals surface area (Å²) in [5, 5.41) is 6.55. The van der Waals surface area contributed by atoms with Gasteiger partial charge in [-0.2, -0.15) is 0 Å². The second-order valence-corrected chi connectivity index (χ2v) is 8.74. The van der Waals surface area contributed by atoms with E-state index in [0.29, 0.717) is 6.42 Å². The lowest BCUT2D eigenvalue weighted by molar-refractivity contribution is -0.119. The fraction of sp³-hybridized carbons (Fsp3) is 0.636. The van der Waals surface area contributed by atoms with Crippen LogP contribution in [0.4, 0.5) is 0 Å². The highest BCUT2D eigenvalue weighted by Gasteiger charge is 2.46. The van der Waals surface area contributed by atoms with Crippen molar-refractivity contribution in [2.45, 2.75) is 51.4 Å². The molecule has 1 amide bonds. The number of hydrogen-bond donors (Lipinski definition) is 2. The molecule has 1 atom stereocenters. The summed E-state index contributed by atoms with van der Waals surface area (Å²) in [5.41, 5.74) is 3.16. The Morgan fingerprint density at radius 3 is 2.78 bits per heavy atom. The SMILES string of the molecule is CCNC(=NCC1(c2ccccc2C)CC1)N1CCCC2(CNC(=O)C2)C1. The largest absolute Gasteiger partial charge is 0.357 e. The molecule has 5 heteroatoms. The van der Waals surface area contributed by atoms with Crippen molar-refractivity contribution >= 4 is 11.9 Å². The van der Waals surface area contributed by atoms with Gasteiger partial charge in [0, 0.05) is 43.4 Å². The lowest BCUT2D eigenvalue weighted by Gasteiger charge is -2.41. The number of amides is 1. The third kappa shape index (κ3) is 3.69. The molecule has 4 rings (SSSR count). The van der Waals surface area contributed by atoms with Gasteiger partial charge in [-0.3, -0.25) is 9.79 Å². The molecule has 1 aromatic rings. The maximum Gasteiger partial charge on any atom is 0.220 e. The molecule has 2 aliphatic heterocycles. The maximum absolute atomic E-state index is 11.8. The zero-order chi connectivity index (χ0) is 18.9. The number of aliphatic imine (C=N–C) groups is 1. The number of piperidine rings is 1. The van der Waals surface area contributed by atoms with Crippen molar-refractivity contribution in [1.82, 2.24) is 15.5 Å². The number of hydrogen-bond acceptors (Lipinski definition) is 2. The quantitative estimate of drug-likeness (QED) is 0.634. The first-order chi connectivity index (χ1) is 13.1. The fourth-order valence-electron chi connectivity index (χ4n) is 4.91. The standard InChI is InChI=1S/C22H32N4O/c1-3-23-20(26-12-6-9-21(16-26)13-19(27)24-14-21)25-15-22(10-11-22)18-8-5-4-7-17(18)2/h4-5,7-8H,3,6,9-16H2,1-2H3,(H,23,25)(H,24,27). The van der Waals surface area contributed by atoms with E-state index in [-0.39, 0.29) is 16.7 Å². The minimum Gasteiger partial charge on any atom is -0.357 e. The van der Waals surface area contributed by atoms with Crippen LogP contribution in [0.5, 0.6) is 0 Å². The number of nitrogens with one attached hydrogen (secondary N) is 2. The van der Waals surface area contributed by atoms with Crippen LogP contribution in [-0.4, -0.2) is 49.5 Å². The first-order valence-corrected chi connectivity index (χ1v) is 10.4. The van der Waals surface area contributed by atoms with Gasteiger partial charge in [0.15, 0.2) is 5.96 Å². The number of carbonyl (C=O) groups excluding carboxylic acids is 1. The molecule has 5 nitrogen and oxygen atoms in total. The Kier molecular flexibility index (Phi) is 4.87. The predicted molar refractivity (Wildman–Crippen MR) is 109 cm³/mol. The molecule has 2 heterocycles. The van der Waals surface area contributed by atoms with Crippen LogP contribution in [0.15, 0.2) is 29.3 Å². The van der Waals surface area contributed by atoms with Gasteiger partial charge >= 0.3 is 0 Å². The summed E-state index contributed by atoms with van der Waals surface area (Å²) in [6.07, 6.45) is 5.37. The molecule has 1 aliphatic carbocycles. The average molecular weight is 369 g/mol. The molecule has 2 N–H and O–H groups in total. The highest BCUT2D eigenvalue weighted by atomic mass is 16.1. The van der Waals surface area contributed by atoms with Crippen LogP contribution in [0.1, 0.15) is 50.2 Å². The Balaban J connectivity index is 1.51. The van der Waals surface area contributed by atoms with Crippen molar-refractivity contribution in [2.24, 2.45) is 10.4 Å². The lowest BCUT2D eigenvalue weighted by Crippen LogP contribution is -2.51. The Hall–Kier alpha value is -2.04. The van der Waals surface area contributed by atoms with Crippen LogP contribution in [0, 0.1) is 12.3 Å². The van der Waals surface area contributed by atoms with Crippen LogP contribution >= 0.6 is 0 Å². The van der Waals surface area contributed by atoms with Gasteiger partial charge in [0.05, 0.1) is 6.54 Å². The van der Waals surface area contributed by atoms with Crippen molar-refractivity contribution in [3.63, 3.8) is 0 Å². The minimum absolute atomic E-state index is 0.0960. The zero-order valence-corrected chi connectivity index (χ0v) is 16.7. The van der Waals surface area contributed by atoms with Gasteiger partial charge in [-0.05, 0) is 50.7 Å². The third-order valence-electron chi connectivity index (χ3n) is 6.59. The fourth-order valence-corrected chi connectivity index (χ4v) is 4.91. The highest BCUT2D eigenvalue weighted by molar-refractivity contribution is 5.82. The molecule has 1 spiro atoms. The Morgan fingerprint density at radius 1 is 1.30 bits per heavy atom. The first kappa shape index (κ1) is 18.3. The molecule has 27 heavy (non-hydrogen) atoms. The van der Waals surface area contributed by atoms with Crippen molar-refractivity contribution in [2.75, 3.05) is 32.7 Å². The van der Waals surface area contributed by atoms with E-state index in [4.69, 9.17) is 4.99 Å². The van der Waals surface area contributed by atoms with Crippen molar-refractivity contribution in [3.8, 4) is 0 Å². The third-order valence-corrected chi connectivity index (χ3v) is 6.59. The van der Waals surface area contributed by atoms with Gasteiger partial charge in [-0.15, -0.1) is 0 Å². The number of aryl methyl sites for hydroxylation is 1. The van der Waals surface area contributed by atoms with Crippen molar-refractivity contribution in [3.05, 3.63) is 35.4 Å². The van der Waals surface area contributed by atoms with E-state index in [9.17, 15) is 4.79 Å². The Bertz CT molecular complexity index is 740. The summed E-state index contributed by atoms with van der Waals surface area (Å²) in [6, 6.07) is 8.75. The van der Waals surface area contributed by atoms with Gasteiger partial charge in [0.1, 0.15) is 0 Å². The zero-order valence-electron chi connectivity index (χ0n) is 16.7. The molecule has 3 fully saturated rings. The molecule has 0 bridgehead atoms. The van der Waals surface area contributed by atoms with Crippen molar-refractivity contribution < 1.29 is 4.79 Å². The first-order valence-electron chi connectivity index (χ1n) is 10.4. The smallest absolute Gasteiger partial charge is 0.220 e. The van der Waals surface area contributed by atoms with Crippen LogP contribution in [0.25, 0.3) is 0 Å². The predicted octanol–water partition coefficient (Wildman–Crippen LogP) is 2.59. The summed E-state index contributed by atoms with van der Waals surface area (Å²) in [5.74, 6) is 1.23. The van der Waals surface area contributed by atoms with E-state index in [0.717, 1.165) is 51.5 Å². The number of carbonyl (C=O) groups is 1. The number of nitrogens with zero attached hydrogens (tertiary/aromatic N) is 2. The van der Waals surface area contributed by atoms with E-state index in [1.54, 1.807) is 0 Å². The van der Waals surface area contributed by atoms with Gasteiger partial charge < -0.3 is 15.5 Å².